The van der Waals surface area contributed by atoms with Crippen molar-refractivity contribution in [3.63, 3.8) is 0 Å². The third kappa shape index (κ3) is 2.48. The Bertz CT molecular complexity index is 841. The van der Waals surface area contributed by atoms with Gasteiger partial charge in [-0.15, -0.1) is 0 Å². The molecule has 7 heteroatoms. The molecule has 0 atom stereocenters. The summed E-state index contributed by atoms with van der Waals surface area (Å²) in [5.41, 5.74) is 7.58. The van der Waals surface area contributed by atoms with Crippen molar-refractivity contribution < 1.29 is 4.79 Å². The number of primary amides is 1. The summed E-state index contributed by atoms with van der Waals surface area (Å²) >= 11 is 0. The average Bonchev–Trinajstić information content (AvgIpc) is 2.89. The molecule has 1 amide bonds. The van der Waals surface area contributed by atoms with Crippen molar-refractivity contribution in [2.45, 2.75) is 6.54 Å². The Hall–Kier alpha value is -2.96. The molecule has 0 aliphatic carbocycles. The number of fused-ring (bicyclic) bond motifs is 1. The summed E-state index contributed by atoms with van der Waals surface area (Å²) in [6.07, 6.45) is 3.27. The van der Waals surface area contributed by atoms with Crippen LogP contribution in [0.3, 0.4) is 0 Å². The maximum Gasteiger partial charge on any atom is 0.248 e. The van der Waals surface area contributed by atoms with Crippen molar-refractivity contribution in [1.82, 2.24) is 19.7 Å². The number of hydrogen-bond acceptors (Lipinski definition) is 5. The molecule has 0 aliphatic heterocycles. The van der Waals surface area contributed by atoms with Gasteiger partial charge >= 0.3 is 0 Å². The van der Waals surface area contributed by atoms with Gasteiger partial charge in [0.15, 0.2) is 5.65 Å². The molecule has 1 aromatic carbocycles. The van der Waals surface area contributed by atoms with E-state index in [1.165, 1.54) is 6.33 Å². The highest BCUT2D eigenvalue weighted by molar-refractivity contribution is 5.93. The third-order valence-electron chi connectivity index (χ3n) is 3.50. The maximum absolute atomic E-state index is 11.3. The van der Waals surface area contributed by atoms with Gasteiger partial charge in [0.05, 0.1) is 11.6 Å². The fourth-order valence-corrected chi connectivity index (χ4v) is 2.43. The summed E-state index contributed by atoms with van der Waals surface area (Å²) in [5.74, 6) is 0.365. The summed E-state index contributed by atoms with van der Waals surface area (Å²) < 4.78 is 1.71. The number of nitrogens with zero attached hydrogens (tertiary/aromatic N) is 5. The van der Waals surface area contributed by atoms with Crippen molar-refractivity contribution in [1.29, 1.82) is 0 Å². The molecule has 0 saturated carbocycles. The first-order chi connectivity index (χ1) is 10.6. The number of benzene rings is 1. The number of amides is 1. The van der Waals surface area contributed by atoms with Gasteiger partial charge in [-0.2, -0.15) is 5.10 Å². The van der Waals surface area contributed by atoms with Crippen LogP contribution in [0, 0.1) is 0 Å². The lowest BCUT2D eigenvalue weighted by atomic mass is 10.1. The Morgan fingerprint density at radius 1 is 1.36 bits per heavy atom. The van der Waals surface area contributed by atoms with Crippen LogP contribution >= 0.6 is 0 Å². The number of nitrogens with two attached hydrogens (primary N) is 1. The first-order valence-electron chi connectivity index (χ1n) is 6.79. The molecule has 3 rings (SSSR count). The Morgan fingerprint density at radius 3 is 2.95 bits per heavy atom. The number of carbonyl (C=O) groups is 1. The summed E-state index contributed by atoms with van der Waals surface area (Å²) in [6, 6.07) is 7.27. The molecule has 2 N–H and O–H groups in total. The highest BCUT2D eigenvalue weighted by atomic mass is 16.1. The fraction of sp³-hybridized carbons (Fsp3) is 0.200. The number of rotatable bonds is 4. The minimum atomic E-state index is -0.429. The molecule has 0 bridgehead atoms. The zero-order valence-corrected chi connectivity index (χ0v) is 12.4. The van der Waals surface area contributed by atoms with Crippen LogP contribution in [0.5, 0.6) is 0 Å². The quantitative estimate of drug-likeness (QED) is 0.778. The van der Waals surface area contributed by atoms with Crippen molar-refractivity contribution >= 4 is 22.8 Å². The number of anilines is 1. The number of aromatic nitrogens is 4. The largest absolute Gasteiger partial charge is 0.366 e. The first-order valence-corrected chi connectivity index (χ1v) is 6.79. The van der Waals surface area contributed by atoms with Gasteiger partial charge in [0.2, 0.25) is 5.91 Å². The number of hydrogen-bond donors (Lipinski definition) is 1. The maximum atomic E-state index is 11.3. The van der Waals surface area contributed by atoms with Crippen LogP contribution < -0.4 is 10.6 Å². The summed E-state index contributed by atoms with van der Waals surface area (Å²) in [5, 5.41) is 5.10. The molecule has 112 valence electrons. The Kier molecular flexibility index (Phi) is 3.46. The molecule has 0 fully saturated rings. The van der Waals surface area contributed by atoms with E-state index in [-0.39, 0.29) is 0 Å². The van der Waals surface area contributed by atoms with Crippen LogP contribution in [-0.4, -0.2) is 32.7 Å². The minimum absolute atomic E-state index is 0.429. The van der Waals surface area contributed by atoms with Gasteiger partial charge in [-0.3, -0.25) is 9.48 Å². The SMILES string of the molecule is CN(Cc1cccc(C(N)=O)c1)c1ncnc2c1cnn2C. The molecular weight excluding hydrogens is 280 g/mol. The van der Waals surface area contributed by atoms with Crippen LogP contribution in [0.2, 0.25) is 0 Å². The van der Waals surface area contributed by atoms with E-state index in [2.05, 4.69) is 15.1 Å². The number of carbonyl (C=O) groups excluding carboxylic acids is 1. The summed E-state index contributed by atoms with van der Waals surface area (Å²) in [4.78, 5) is 21.8. The lowest BCUT2D eigenvalue weighted by Crippen LogP contribution is -2.19. The second kappa shape index (κ2) is 5.44. The average molecular weight is 296 g/mol. The zero-order chi connectivity index (χ0) is 15.7. The topological polar surface area (TPSA) is 89.9 Å². The third-order valence-corrected chi connectivity index (χ3v) is 3.50. The van der Waals surface area contributed by atoms with Gasteiger partial charge < -0.3 is 10.6 Å². The van der Waals surface area contributed by atoms with Crippen LogP contribution in [-0.2, 0) is 13.6 Å². The van der Waals surface area contributed by atoms with Gasteiger partial charge in [-0.05, 0) is 17.7 Å². The van der Waals surface area contributed by atoms with E-state index in [1.54, 1.807) is 23.0 Å². The van der Waals surface area contributed by atoms with Crippen LogP contribution in [0.15, 0.2) is 36.8 Å². The number of aryl methyl sites for hydroxylation is 1. The molecule has 2 heterocycles. The van der Waals surface area contributed by atoms with Crippen molar-refractivity contribution in [2.75, 3.05) is 11.9 Å². The Balaban J connectivity index is 1.92. The minimum Gasteiger partial charge on any atom is -0.366 e. The predicted molar refractivity (Wildman–Crippen MR) is 83.4 cm³/mol. The van der Waals surface area contributed by atoms with E-state index in [4.69, 9.17) is 5.73 Å². The molecule has 0 spiro atoms. The summed E-state index contributed by atoms with van der Waals surface area (Å²) in [7, 11) is 3.78. The van der Waals surface area contributed by atoms with Gasteiger partial charge in [-0.25, -0.2) is 9.97 Å². The molecule has 0 aliphatic rings. The molecule has 2 aromatic heterocycles. The monoisotopic (exact) mass is 296 g/mol. The molecule has 7 nitrogen and oxygen atoms in total. The zero-order valence-electron chi connectivity index (χ0n) is 12.4. The van der Waals surface area contributed by atoms with E-state index >= 15 is 0 Å². The van der Waals surface area contributed by atoms with E-state index in [1.807, 2.05) is 31.1 Å². The van der Waals surface area contributed by atoms with Crippen LogP contribution in [0.1, 0.15) is 15.9 Å². The van der Waals surface area contributed by atoms with E-state index in [0.29, 0.717) is 12.1 Å². The molecule has 0 saturated heterocycles. The molecule has 3 aromatic rings. The van der Waals surface area contributed by atoms with Crippen LogP contribution in [0.25, 0.3) is 11.0 Å². The second-order valence-electron chi connectivity index (χ2n) is 5.12. The van der Waals surface area contributed by atoms with Gasteiger partial charge in [0.1, 0.15) is 12.1 Å². The Labute approximate surface area is 127 Å². The first kappa shape index (κ1) is 14.0. The van der Waals surface area contributed by atoms with Crippen molar-refractivity contribution in [3.05, 3.63) is 47.9 Å². The molecule has 22 heavy (non-hydrogen) atoms. The summed E-state index contributed by atoms with van der Waals surface area (Å²) in [6.45, 7) is 0.599. The normalized spacial score (nSPS) is 10.8. The van der Waals surface area contributed by atoms with Gasteiger partial charge in [0, 0.05) is 26.2 Å². The Morgan fingerprint density at radius 2 is 2.18 bits per heavy atom. The predicted octanol–water partition coefficient (Wildman–Crippen LogP) is 1.10. The van der Waals surface area contributed by atoms with E-state index in [0.717, 1.165) is 22.4 Å². The molecular formula is C15H16N6O. The van der Waals surface area contributed by atoms with Crippen LogP contribution in [0.4, 0.5) is 5.82 Å². The van der Waals surface area contributed by atoms with E-state index < -0.39 is 5.91 Å². The van der Waals surface area contributed by atoms with Gasteiger partial charge in [-0.1, -0.05) is 12.1 Å². The fourth-order valence-electron chi connectivity index (χ4n) is 2.43. The lowest BCUT2D eigenvalue weighted by Gasteiger charge is -2.19. The highest BCUT2D eigenvalue weighted by Crippen LogP contribution is 2.22. The molecule has 0 radical (unpaired) electrons. The highest BCUT2D eigenvalue weighted by Gasteiger charge is 2.12. The molecule has 0 unspecified atom stereocenters. The lowest BCUT2D eigenvalue weighted by molar-refractivity contribution is 0.1000. The second-order valence-corrected chi connectivity index (χ2v) is 5.12. The van der Waals surface area contributed by atoms with Crippen molar-refractivity contribution in [3.8, 4) is 0 Å². The van der Waals surface area contributed by atoms with E-state index in [9.17, 15) is 4.79 Å². The smallest absolute Gasteiger partial charge is 0.248 e. The van der Waals surface area contributed by atoms with Gasteiger partial charge in [0.25, 0.3) is 0 Å². The van der Waals surface area contributed by atoms with Crippen molar-refractivity contribution in [2.24, 2.45) is 12.8 Å². The standard InChI is InChI=1S/C15H16N6O/c1-20(8-10-4-3-5-11(6-10)13(16)22)14-12-7-19-21(2)15(12)18-9-17-14/h3-7,9H,8H2,1-2H3,(H2,16,22).